The quantitative estimate of drug-likeness (QED) is 0.248. The normalized spacial score (nSPS) is 33.9. The fraction of sp³-hybridized carbons (Fsp3) is 0.636. The Morgan fingerprint density at radius 3 is 2.82 bits per heavy atom. The van der Waals surface area contributed by atoms with Crippen LogP contribution in [0.5, 0.6) is 0 Å². The Hall–Kier alpha value is -1.24. The van der Waals surface area contributed by atoms with Crippen molar-refractivity contribution in [1.29, 1.82) is 0 Å². The predicted octanol–water partition coefficient (Wildman–Crippen LogP) is -0.987. The van der Waals surface area contributed by atoms with Crippen LogP contribution in [0, 0.1) is 0 Å². The number of hydrogen-bond donors (Lipinski definition) is 3. The number of hydrazine groups is 1. The summed E-state index contributed by atoms with van der Waals surface area (Å²) in [5.41, 5.74) is 5.83. The first kappa shape index (κ1) is 12.2. The number of carbonyl (C=O) groups excluding carboxylic acids is 2. The second-order valence-corrected chi connectivity index (χ2v) is 4.63. The first-order valence-corrected chi connectivity index (χ1v) is 5.87. The third-order valence-corrected chi connectivity index (χ3v) is 3.33. The Morgan fingerprint density at radius 1 is 1.41 bits per heavy atom. The molecular weight excluding hydrogens is 220 g/mol. The van der Waals surface area contributed by atoms with Crippen molar-refractivity contribution in [3.05, 3.63) is 12.2 Å². The number of carbonyl (C=O) groups is 2. The highest BCUT2D eigenvalue weighted by molar-refractivity contribution is 6.00. The van der Waals surface area contributed by atoms with E-state index in [4.69, 9.17) is 11.6 Å². The molecule has 3 atom stereocenters. The average molecular weight is 238 g/mol. The molecule has 6 nitrogen and oxygen atoms in total. The van der Waals surface area contributed by atoms with Gasteiger partial charge < -0.3 is 5.73 Å². The average Bonchev–Trinajstić information content (AvgIpc) is 2.28. The molecule has 1 fully saturated rings. The highest BCUT2D eigenvalue weighted by Gasteiger charge is 2.34. The fourth-order valence-corrected chi connectivity index (χ4v) is 2.36. The van der Waals surface area contributed by atoms with Crippen LogP contribution in [0.15, 0.2) is 12.2 Å². The van der Waals surface area contributed by atoms with Gasteiger partial charge in [0.25, 0.3) is 0 Å². The van der Waals surface area contributed by atoms with Gasteiger partial charge in [0.05, 0.1) is 0 Å². The van der Waals surface area contributed by atoms with Crippen molar-refractivity contribution in [2.24, 2.45) is 11.6 Å². The monoisotopic (exact) mass is 238 g/mol. The zero-order valence-electron chi connectivity index (χ0n) is 9.63. The molecule has 3 unspecified atom stereocenters. The summed E-state index contributed by atoms with van der Waals surface area (Å²) in [4.78, 5) is 22.7. The summed E-state index contributed by atoms with van der Waals surface area (Å²) < 4.78 is 0. The van der Waals surface area contributed by atoms with Crippen molar-refractivity contribution in [2.45, 2.75) is 43.8 Å². The molecule has 0 aromatic rings. The van der Waals surface area contributed by atoms with Crippen LogP contribution in [0.2, 0.25) is 0 Å². The summed E-state index contributed by atoms with van der Waals surface area (Å²) in [6.45, 7) is 0. The van der Waals surface area contributed by atoms with E-state index < -0.39 is 6.04 Å². The van der Waals surface area contributed by atoms with Gasteiger partial charge >= 0.3 is 0 Å². The lowest BCUT2D eigenvalue weighted by atomic mass is 9.95. The first-order valence-electron chi connectivity index (χ1n) is 5.87. The van der Waals surface area contributed by atoms with Crippen molar-refractivity contribution in [3.63, 3.8) is 0 Å². The van der Waals surface area contributed by atoms with Crippen LogP contribution in [0.3, 0.4) is 0 Å². The summed E-state index contributed by atoms with van der Waals surface area (Å²) in [5, 5.41) is 3.87. The second-order valence-electron chi connectivity index (χ2n) is 4.63. The number of piperidine rings is 1. The molecule has 0 bridgehead atoms. The minimum absolute atomic E-state index is 0.00640. The lowest BCUT2D eigenvalue weighted by molar-refractivity contribution is -0.138. The maximum atomic E-state index is 11.7. The molecule has 1 heterocycles. The Morgan fingerprint density at radius 2 is 2.18 bits per heavy atom. The molecule has 1 aliphatic carbocycles. The van der Waals surface area contributed by atoms with E-state index in [-0.39, 0.29) is 23.9 Å². The molecule has 2 aliphatic rings. The summed E-state index contributed by atoms with van der Waals surface area (Å²) >= 11 is 0. The van der Waals surface area contributed by atoms with Crippen LogP contribution in [-0.4, -0.2) is 34.9 Å². The molecule has 0 spiro atoms. The second kappa shape index (κ2) is 4.95. The summed E-state index contributed by atoms with van der Waals surface area (Å²) in [5.74, 6) is 5.47. The number of amides is 2. The topological polar surface area (TPSA) is 101 Å². The first-order chi connectivity index (χ1) is 8.08. The molecule has 0 aromatic heterocycles. The Labute approximate surface area is 100.0 Å². The molecule has 0 aromatic carbocycles. The van der Waals surface area contributed by atoms with Crippen LogP contribution in [0.25, 0.3) is 0 Å². The molecule has 1 saturated heterocycles. The van der Waals surface area contributed by atoms with E-state index in [1.807, 2.05) is 12.2 Å². The lowest BCUT2D eigenvalue weighted by Crippen LogP contribution is -2.59. The Bertz CT molecular complexity index is 355. The van der Waals surface area contributed by atoms with E-state index in [0.717, 1.165) is 12.8 Å². The van der Waals surface area contributed by atoms with Crippen molar-refractivity contribution in [2.75, 3.05) is 0 Å². The number of imide groups is 1. The Balaban J connectivity index is 1.99. The molecule has 0 radical (unpaired) electrons. The molecule has 5 N–H and O–H groups in total. The van der Waals surface area contributed by atoms with Crippen LogP contribution in [-0.2, 0) is 9.59 Å². The summed E-state index contributed by atoms with van der Waals surface area (Å²) in [6, 6.07) is -0.358. The van der Waals surface area contributed by atoms with Crippen molar-refractivity contribution in [3.8, 4) is 0 Å². The molecular formula is C11H18N4O2. The third-order valence-electron chi connectivity index (χ3n) is 3.33. The number of hydrogen-bond acceptors (Lipinski definition) is 5. The maximum absolute atomic E-state index is 11.7. The van der Waals surface area contributed by atoms with E-state index in [1.165, 1.54) is 0 Å². The van der Waals surface area contributed by atoms with Crippen LogP contribution in [0.4, 0.5) is 0 Å². The highest BCUT2D eigenvalue weighted by atomic mass is 16.2. The van der Waals surface area contributed by atoms with E-state index in [0.29, 0.717) is 12.8 Å². The SMILES string of the molecule is NC1C=CCC(N(N)C2CCC(=O)NC2=O)C1. The van der Waals surface area contributed by atoms with Crippen molar-refractivity contribution < 1.29 is 9.59 Å². The molecule has 2 rings (SSSR count). The zero-order chi connectivity index (χ0) is 12.4. The van der Waals surface area contributed by atoms with Gasteiger partial charge in [-0.1, -0.05) is 12.2 Å². The number of rotatable bonds is 2. The van der Waals surface area contributed by atoms with Gasteiger partial charge in [-0.25, -0.2) is 5.01 Å². The molecule has 94 valence electrons. The zero-order valence-corrected chi connectivity index (χ0v) is 9.63. The smallest absolute Gasteiger partial charge is 0.245 e. The Kier molecular flexibility index (Phi) is 3.56. The van der Waals surface area contributed by atoms with Gasteiger partial charge in [-0.2, -0.15) is 0 Å². The minimum atomic E-state index is -0.420. The van der Waals surface area contributed by atoms with Crippen LogP contribution in [0.1, 0.15) is 25.7 Å². The van der Waals surface area contributed by atoms with E-state index >= 15 is 0 Å². The van der Waals surface area contributed by atoms with Gasteiger partial charge in [0.15, 0.2) is 0 Å². The van der Waals surface area contributed by atoms with Crippen molar-refractivity contribution >= 4 is 11.8 Å². The minimum Gasteiger partial charge on any atom is -0.324 e. The van der Waals surface area contributed by atoms with E-state index in [9.17, 15) is 9.59 Å². The molecule has 0 saturated carbocycles. The number of nitrogens with zero attached hydrogens (tertiary/aromatic N) is 1. The van der Waals surface area contributed by atoms with Crippen LogP contribution >= 0.6 is 0 Å². The van der Waals surface area contributed by atoms with E-state index in [2.05, 4.69) is 5.32 Å². The molecule has 6 heteroatoms. The number of nitrogens with one attached hydrogen (secondary N) is 1. The number of nitrogens with two attached hydrogens (primary N) is 2. The van der Waals surface area contributed by atoms with Gasteiger partial charge in [0.2, 0.25) is 11.8 Å². The van der Waals surface area contributed by atoms with Gasteiger partial charge in [-0.15, -0.1) is 0 Å². The van der Waals surface area contributed by atoms with Gasteiger partial charge in [0, 0.05) is 18.5 Å². The van der Waals surface area contributed by atoms with E-state index in [1.54, 1.807) is 5.01 Å². The molecule has 17 heavy (non-hydrogen) atoms. The predicted molar refractivity (Wildman–Crippen MR) is 62.3 cm³/mol. The largest absolute Gasteiger partial charge is 0.324 e. The lowest BCUT2D eigenvalue weighted by Gasteiger charge is -2.36. The van der Waals surface area contributed by atoms with Crippen molar-refractivity contribution in [1.82, 2.24) is 10.3 Å². The van der Waals surface area contributed by atoms with Crippen LogP contribution < -0.4 is 16.9 Å². The van der Waals surface area contributed by atoms with Gasteiger partial charge in [-0.3, -0.25) is 20.7 Å². The molecule has 2 amide bonds. The summed E-state index contributed by atoms with van der Waals surface area (Å²) in [7, 11) is 0. The standard InChI is InChI=1S/C11H18N4O2/c12-7-2-1-3-8(6-7)15(13)9-4-5-10(16)14-11(9)17/h1-2,7-9H,3-6,12-13H2,(H,14,16,17). The summed E-state index contributed by atoms with van der Waals surface area (Å²) in [6.07, 6.45) is 6.31. The maximum Gasteiger partial charge on any atom is 0.245 e. The third kappa shape index (κ3) is 2.71. The fourth-order valence-electron chi connectivity index (χ4n) is 2.36. The van der Waals surface area contributed by atoms with Gasteiger partial charge in [-0.05, 0) is 19.3 Å². The molecule has 1 aliphatic heterocycles. The highest BCUT2D eigenvalue weighted by Crippen LogP contribution is 2.19. The van der Waals surface area contributed by atoms with Gasteiger partial charge in [0.1, 0.15) is 6.04 Å².